The summed E-state index contributed by atoms with van der Waals surface area (Å²) >= 11 is 7.44. The van der Waals surface area contributed by atoms with E-state index in [0.29, 0.717) is 48.1 Å². The number of carbonyl (C=O) groups is 1. The van der Waals surface area contributed by atoms with E-state index in [1.807, 2.05) is 58.9 Å². The maximum absolute atomic E-state index is 12.6. The second-order valence-electron chi connectivity index (χ2n) is 6.77. The van der Waals surface area contributed by atoms with Crippen molar-refractivity contribution in [2.24, 2.45) is 0 Å². The van der Waals surface area contributed by atoms with Gasteiger partial charge >= 0.3 is 0 Å². The lowest BCUT2D eigenvalue weighted by Gasteiger charge is -2.26. The van der Waals surface area contributed by atoms with Crippen LogP contribution in [0.1, 0.15) is 5.56 Å². The van der Waals surface area contributed by atoms with Gasteiger partial charge in [-0.05, 0) is 48.9 Å². The fourth-order valence-electron chi connectivity index (χ4n) is 3.18. The van der Waals surface area contributed by atoms with E-state index in [4.69, 9.17) is 16.3 Å². The average Bonchev–Trinajstić information content (AvgIpc) is 3.17. The number of halogens is 1. The van der Waals surface area contributed by atoms with Crippen LogP contribution < -0.4 is 0 Å². The molecule has 6 nitrogen and oxygen atoms in total. The van der Waals surface area contributed by atoms with Gasteiger partial charge in [-0.3, -0.25) is 9.36 Å². The normalized spacial score (nSPS) is 14.2. The van der Waals surface area contributed by atoms with Crippen molar-refractivity contribution in [2.75, 3.05) is 32.1 Å². The molecule has 2 aromatic carbocycles. The van der Waals surface area contributed by atoms with Crippen LogP contribution in [0.5, 0.6) is 0 Å². The average molecular weight is 429 g/mol. The molecular formula is C21H21ClN4O2S. The molecule has 0 bridgehead atoms. The Morgan fingerprint density at radius 3 is 2.62 bits per heavy atom. The molecule has 1 amide bonds. The van der Waals surface area contributed by atoms with E-state index in [-0.39, 0.29) is 5.91 Å². The van der Waals surface area contributed by atoms with Crippen LogP contribution in [-0.4, -0.2) is 57.6 Å². The minimum atomic E-state index is 0.0881. The molecule has 2 heterocycles. The highest BCUT2D eigenvalue weighted by atomic mass is 35.5. The molecule has 1 aliphatic rings. The van der Waals surface area contributed by atoms with Gasteiger partial charge in [0.15, 0.2) is 11.0 Å². The molecule has 1 aromatic heterocycles. The van der Waals surface area contributed by atoms with Crippen LogP contribution in [0.3, 0.4) is 0 Å². The van der Waals surface area contributed by atoms with Gasteiger partial charge in [-0.1, -0.05) is 35.5 Å². The van der Waals surface area contributed by atoms with E-state index in [9.17, 15) is 4.79 Å². The van der Waals surface area contributed by atoms with Gasteiger partial charge in [0.05, 0.1) is 19.0 Å². The van der Waals surface area contributed by atoms with Gasteiger partial charge in [0, 0.05) is 29.4 Å². The first-order valence-corrected chi connectivity index (χ1v) is 10.7. The maximum Gasteiger partial charge on any atom is 0.233 e. The molecule has 1 saturated heterocycles. The molecule has 0 radical (unpaired) electrons. The number of aryl methyl sites for hydroxylation is 1. The molecule has 0 atom stereocenters. The SMILES string of the molecule is Cc1cccc(-n2c(SCC(=O)N3CCOCC3)nnc2-c2ccc(Cl)cc2)c1. The molecule has 8 heteroatoms. The first-order chi connectivity index (χ1) is 14.1. The number of aromatic nitrogens is 3. The number of nitrogens with zero attached hydrogens (tertiary/aromatic N) is 4. The van der Waals surface area contributed by atoms with Crippen LogP contribution in [0.15, 0.2) is 53.7 Å². The quantitative estimate of drug-likeness (QED) is 0.578. The molecule has 0 saturated carbocycles. The predicted octanol–water partition coefficient (Wildman–Crippen LogP) is 3.85. The molecule has 29 heavy (non-hydrogen) atoms. The summed E-state index contributed by atoms with van der Waals surface area (Å²) in [5.41, 5.74) is 3.01. The molecule has 0 aliphatic carbocycles. The molecule has 0 N–H and O–H groups in total. The number of morpholine rings is 1. The van der Waals surface area contributed by atoms with Crippen molar-refractivity contribution in [1.82, 2.24) is 19.7 Å². The minimum Gasteiger partial charge on any atom is -0.378 e. The summed E-state index contributed by atoms with van der Waals surface area (Å²) in [6, 6.07) is 15.7. The van der Waals surface area contributed by atoms with Gasteiger partial charge in [0.1, 0.15) is 0 Å². The highest BCUT2D eigenvalue weighted by molar-refractivity contribution is 7.99. The van der Waals surface area contributed by atoms with Crippen molar-refractivity contribution in [1.29, 1.82) is 0 Å². The van der Waals surface area contributed by atoms with E-state index in [2.05, 4.69) is 16.3 Å². The van der Waals surface area contributed by atoms with Crippen molar-refractivity contribution >= 4 is 29.3 Å². The summed E-state index contributed by atoms with van der Waals surface area (Å²) in [5, 5.41) is 10.2. The van der Waals surface area contributed by atoms with Crippen molar-refractivity contribution < 1.29 is 9.53 Å². The monoisotopic (exact) mass is 428 g/mol. The lowest BCUT2D eigenvalue weighted by molar-refractivity contribution is -0.132. The molecule has 3 aromatic rings. The third-order valence-corrected chi connectivity index (χ3v) is 5.85. The molecular weight excluding hydrogens is 408 g/mol. The first-order valence-electron chi connectivity index (χ1n) is 9.38. The second-order valence-corrected chi connectivity index (χ2v) is 8.15. The maximum atomic E-state index is 12.6. The Bertz CT molecular complexity index is 1000. The first kappa shape index (κ1) is 19.9. The largest absolute Gasteiger partial charge is 0.378 e. The molecule has 4 rings (SSSR count). The Hall–Kier alpha value is -2.35. The summed E-state index contributed by atoms with van der Waals surface area (Å²) in [6.45, 7) is 4.51. The standard InChI is InChI=1S/C21H21ClN4O2S/c1-15-3-2-4-18(13-15)26-20(16-5-7-17(22)8-6-16)23-24-21(26)29-14-19(27)25-9-11-28-12-10-25/h2-8,13H,9-12,14H2,1H3. The highest BCUT2D eigenvalue weighted by Gasteiger charge is 2.20. The Balaban J connectivity index is 1.64. The Labute approximate surface area is 178 Å². The molecule has 150 valence electrons. The van der Waals surface area contributed by atoms with Crippen LogP contribution in [0.25, 0.3) is 17.1 Å². The highest BCUT2D eigenvalue weighted by Crippen LogP contribution is 2.29. The Kier molecular flexibility index (Phi) is 6.18. The number of benzene rings is 2. The summed E-state index contributed by atoms with van der Waals surface area (Å²) in [5.74, 6) is 1.11. The van der Waals surface area contributed by atoms with Crippen molar-refractivity contribution in [3.05, 3.63) is 59.1 Å². The molecule has 1 fully saturated rings. The van der Waals surface area contributed by atoms with E-state index in [1.165, 1.54) is 11.8 Å². The second kappa shape index (κ2) is 8.98. The predicted molar refractivity (Wildman–Crippen MR) is 115 cm³/mol. The van der Waals surface area contributed by atoms with Gasteiger partial charge in [-0.15, -0.1) is 10.2 Å². The van der Waals surface area contributed by atoms with Crippen molar-refractivity contribution in [3.63, 3.8) is 0 Å². The third-order valence-electron chi connectivity index (χ3n) is 4.68. The zero-order valence-corrected chi connectivity index (χ0v) is 17.6. The fraction of sp³-hybridized carbons (Fsp3) is 0.286. The Morgan fingerprint density at radius 2 is 1.90 bits per heavy atom. The molecule has 1 aliphatic heterocycles. The topological polar surface area (TPSA) is 60.2 Å². The van der Waals surface area contributed by atoms with Crippen LogP contribution >= 0.6 is 23.4 Å². The zero-order chi connectivity index (χ0) is 20.2. The summed E-state index contributed by atoms with van der Waals surface area (Å²) < 4.78 is 7.32. The van der Waals surface area contributed by atoms with Crippen molar-refractivity contribution in [3.8, 4) is 17.1 Å². The fourth-order valence-corrected chi connectivity index (χ4v) is 4.16. The third kappa shape index (κ3) is 4.63. The summed E-state index contributed by atoms with van der Waals surface area (Å²) in [6.07, 6.45) is 0. The van der Waals surface area contributed by atoms with Gasteiger partial charge in [0.25, 0.3) is 0 Å². The lowest BCUT2D eigenvalue weighted by atomic mass is 10.2. The smallest absolute Gasteiger partial charge is 0.233 e. The summed E-state index contributed by atoms with van der Waals surface area (Å²) in [4.78, 5) is 14.4. The molecule has 0 spiro atoms. The van der Waals surface area contributed by atoms with E-state index < -0.39 is 0 Å². The summed E-state index contributed by atoms with van der Waals surface area (Å²) in [7, 11) is 0. The number of thioether (sulfide) groups is 1. The lowest BCUT2D eigenvalue weighted by Crippen LogP contribution is -2.41. The van der Waals surface area contributed by atoms with Crippen LogP contribution in [0, 0.1) is 6.92 Å². The van der Waals surface area contributed by atoms with E-state index >= 15 is 0 Å². The van der Waals surface area contributed by atoms with Gasteiger partial charge in [-0.2, -0.15) is 0 Å². The minimum absolute atomic E-state index is 0.0881. The number of hydrogen-bond donors (Lipinski definition) is 0. The van der Waals surface area contributed by atoms with Gasteiger partial charge < -0.3 is 9.64 Å². The number of ether oxygens (including phenoxy) is 1. The van der Waals surface area contributed by atoms with Gasteiger partial charge in [0.2, 0.25) is 5.91 Å². The zero-order valence-electron chi connectivity index (χ0n) is 16.0. The van der Waals surface area contributed by atoms with E-state index in [1.54, 1.807) is 0 Å². The van der Waals surface area contributed by atoms with Crippen molar-refractivity contribution in [2.45, 2.75) is 12.1 Å². The van der Waals surface area contributed by atoms with Crippen LogP contribution in [0.4, 0.5) is 0 Å². The Morgan fingerprint density at radius 1 is 1.14 bits per heavy atom. The number of rotatable bonds is 5. The van der Waals surface area contributed by atoms with Crippen LogP contribution in [-0.2, 0) is 9.53 Å². The van der Waals surface area contributed by atoms with Gasteiger partial charge in [-0.25, -0.2) is 0 Å². The molecule has 0 unspecified atom stereocenters. The number of hydrogen-bond acceptors (Lipinski definition) is 5. The number of amides is 1. The van der Waals surface area contributed by atoms with E-state index in [0.717, 1.165) is 16.8 Å². The number of carbonyl (C=O) groups excluding carboxylic acids is 1. The van der Waals surface area contributed by atoms with Crippen LogP contribution in [0.2, 0.25) is 5.02 Å².